The summed E-state index contributed by atoms with van der Waals surface area (Å²) in [5, 5.41) is 3.76. The first kappa shape index (κ1) is 28.2. The van der Waals surface area contributed by atoms with Crippen LogP contribution in [0.4, 0.5) is 5.69 Å². The molecule has 1 heterocycles. The van der Waals surface area contributed by atoms with E-state index in [4.69, 9.17) is 11.6 Å². The minimum atomic E-state index is -0.0981. The molecule has 2 aromatic carbocycles. The van der Waals surface area contributed by atoms with Crippen molar-refractivity contribution in [3.63, 3.8) is 0 Å². The van der Waals surface area contributed by atoms with Crippen LogP contribution in [0.15, 0.2) is 42.5 Å². The molecule has 0 aromatic heterocycles. The average Bonchev–Trinajstić information content (AvgIpc) is 2.84. The molecule has 1 aliphatic rings. The standard InChI is InChI=1S/C30H42ClN3O2/c1-23(2)16-20-33-18-9-5-4-6-10-19-34(24(3)35)29-14-13-26(21-27(29)22-33)30(36)32-17-15-25-11-7-8-12-28(25)31/h7-8,11-14,21,23H,4-6,9-10,15-20,22H2,1-3H3,(H,32,36). The van der Waals surface area contributed by atoms with Crippen LogP contribution in [0.1, 0.15) is 80.8 Å². The maximum Gasteiger partial charge on any atom is 0.251 e. The number of hydrogen-bond acceptors (Lipinski definition) is 3. The predicted molar refractivity (Wildman–Crippen MR) is 150 cm³/mol. The molecule has 0 bridgehead atoms. The number of halogens is 1. The molecule has 5 nitrogen and oxygen atoms in total. The van der Waals surface area contributed by atoms with Crippen LogP contribution in [0, 0.1) is 5.92 Å². The molecule has 0 aliphatic carbocycles. The minimum Gasteiger partial charge on any atom is -0.352 e. The first-order chi connectivity index (χ1) is 17.3. The summed E-state index contributed by atoms with van der Waals surface area (Å²) in [6.07, 6.45) is 7.57. The first-order valence-corrected chi connectivity index (χ1v) is 13.9. The van der Waals surface area contributed by atoms with Crippen molar-refractivity contribution in [1.82, 2.24) is 10.2 Å². The summed E-state index contributed by atoms with van der Waals surface area (Å²) in [6.45, 7) is 10.2. The summed E-state index contributed by atoms with van der Waals surface area (Å²) in [7, 11) is 0. The van der Waals surface area contributed by atoms with Crippen LogP contribution in [0.3, 0.4) is 0 Å². The number of benzene rings is 2. The Morgan fingerprint density at radius 3 is 2.44 bits per heavy atom. The van der Waals surface area contributed by atoms with Crippen molar-refractivity contribution < 1.29 is 9.59 Å². The number of rotatable bonds is 7. The van der Waals surface area contributed by atoms with E-state index in [0.29, 0.717) is 24.4 Å². The Balaban J connectivity index is 1.82. The third-order valence-corrected chi connectivity index (χ3v) is 7.29. The van der Waals surface area contributed by atoms with Gasteiger partial charge in [0.2, 0.25) is 5.91 Å². The van der Waals surface area contributed by atoms with Gasteiger partial charge in [0.05, 0.1) is 0 Å². The molecule has 2 amide bonds. The number of amides is 2. The molecule has 1 aliphatic heterocycles. The molecule has 0 atom stereocenters. The fraction of sp³-hybridized carbons (Fsp3) is 0.533. The summed E-state index contributed by atoms with van der Waals surface area (Å²) in [5.74, 6) is 0.591. The zero-order valence-corrected chi connectivity index (χ0v) is 22.9. The van der Waals surface area contributed by atoms with Crippen molar-refractivity contribution in [3.05, 3.63) is 64.2 Å². The largest absolute Gasteiger partial charge is 0.352 e. The molecule has 0 saturated heterocycles. The van der Waals surface area contributed by atoms with Gasteiger partial charge < -0.3 is 10.2 Å². The van der Waals surface area contributed by atoms with E-state index in [1.807, 2.05) is 47.4 Å². The molecule has 0 saturated carbocycles. The van der Waals surface area contributed by atoms with E-state index in [-0.39, 0.29) is 11.8 Å². The van der Waals surface area contributed by atoms with Crippen LogP contribution >= 0.6 is 11.6 Å². The SMILES string of the molecule is CC(=O)N1CCCCCCCN(CCC(C)C)Cc2cc(C(=O)NCCc3ccccc3Cl)ccc21. The van der Waals surface area contributed by atoms with E-state index in [1.165, 1.54) is 19.3 Å². The van der Waals surface area contributed by atoms with Gasteiger partial charge in [-0.2, -0.15) is 0 Å². The second-order valence-corrected chi connectivity index (χ2v) is 10.7. The summed E-state index contributed by atoms with van der Waals surface area (Å²) < 4.78 is 0. The van der Waals surface area contributed by atoms with Crippen molar-refractivity contribution in [3.8, 4) is 0 Å². The van der Waals surface area contributed by atoms with Crippen molar-refractivity contribution in [1.29, 1.82) is 0 Å². The Morgan fingerprint density at radius 2 is 1.72 bits per heavy atom. The van der Waals surface area contributed by atoms with E-state index in [9.17, 15) is 9.59 Å². The number of carbonyl (C=O) groups excluding carboxylic acids is 2. The van der Waals surface area contributed by atoms with Crippen LogP contribution in [-0.4, -0.2) is 42.9 Å². The predicted octanol–water partition coefficient (Wildman–Crippen LogP) is 6.48. The number of hydrogen-bond donors (Lipinski definition) is 1. The Kier molecular flexibility index (Phi) is 11.3. The van der Waals surface area contributed by atoms with Gasteiger partial charge >= 0.3 is 0 Å². The normalized spacial score (nSPS) is 15.6. The number of nitrogens with one attached hydrogen (secondary N) is 1. The topological polar surface area (TPSA) is 52.7 Å². The quantitative estimate of drug-likeness (QED) is 0.463. The number of nitrogens with zero attached hydrogens (tertiary/aromatic N) is 2. The van der Waals surface area contributed by atoms with E-state index in [2.05, 4.69) is 24.1 Å². The highest BCUT2D eigenvalue weighted by Gasteiger charge is 2.20. The maximum atomic E-state index is 13.1. The Hall–Kier alpha value is -2.37. The summed E-state index contributed by atoms with van der Waals surface area (Å²) in [4.78, 5) is 30.1. The molecule has 0 radical (unpaired) electrons. The van der Waals surface area contributed by atoms with E-state index in [1.54, 1.807) is 6.92 Å². The van der Waals surface area contributed by atoms with Crippen LogP contribution in [-0.2, 0) is 17.8 Å². The second-order valence-electron chi connectivity index (χ2n) is 10.3. The molecule has 2 aromatic rings. The smallest absolute Gasteiger partial charge is 0.251 e. The van der Waals surface area contributed by atoms with E-state index in [0.717, 1.165) is 67.3 Å². The average molecular weight is 512 g/mol. The monoisotopic (exact) mass is 511 g/mol. The molecule has 3 rings (SSSR count). The first-order valence-electron chi connectivity index (χ1n) is 13.5. The van der Waals surface area contributed by atoms with Crippen LogP contribution in [0.5, 0.6) is 0 Å². The van der Waals surface area contributed by atoms with E-state index >= 15 is 0 Å². The second kappa shape index (κ2) is 14.4. The molecule has 0 unspecified atom stereocenters. The zero-order chi connectivity index (χ0) is 25.9. The fourth-order valence-electron chi connectivity index (χ4n) is 4.77. The van der Waals surface area contributed by atoms with Gasteiger partial charge in [-0.05, 0) is 80.1 Å². The Labute approximate surface area is 222 Å². The van der Waals surface area contributed by atoms with Crippen molar-refractivity contribution in [2.45, 2.75) is 72.3 Å². The molecular weight excluding hydrogens is 470 g/mol. The molecule has 6 heteroatoms. The lowest BCUT2D eigenvalue weighted by molar-refractivity contribution is -0.116. The molecule has 0 fully saturated rings. The van der Waals surface area contributed by atoms with Gasteiger partial charge in [0.25, 0.3) is 5.91 Å². The summed E-state index contributed by atoms with van der Waals surface area (Å²) in [5.41, 5.74) is 3.64. The van der Waals surface area contributed by atoms with Gasteiger partial charge in [0, 0.05) is 42.8 Å². The third-order valence-electron chi connectivity index (χ3n) is 6.92. The summed E-state index contributed by atoms with van der Waals surface area (Å²) in [6, 6.07) is 13.5. The van der Waals surface area contributed by atoms with Gasteiger partial charge in [-0.3, -0.25) is 14.5 Å². The minimum absolute atomic E-state index is 0.0546. The van der Waals surface area contributed by atoms with Gasteiger partial charge in [-0.25, -0.2) is 0 Å². The summed E-state index contributed by atoms with van der Waals surface area (Å²) >= 11 is 6.26. The van der Waals surface area contributed by atoms with Gasteiger partial charge in [0.1, 0.15) is 0 Å². The van der Waals surface area contributed by atoms with Crippen molar-refractivity contribution >= 4 is 29.1 Å². The Morgan fingerprint density at radius 1 is 1.00 bits per heavy atom. The molecular formula is C30H42ClN3O2. The fourth-order valence-corrected chi connectivity index (χ4v) is 5.00. The number of carbonyl (C=O) groups is 2. The molecule has 36 heavy (non-hydrogen) atoms. The Bertz CT molecular complexity index is 1010. The molecule has 196 valence electrons. The molecule has 1 N–H and O–H groups in total. The van der Waals surface area contributed by atoms with Crippen LogP contribution in [0.2, 0.25) is 5.02 Å². The maximum absolute atomic E-state index is 13.1. The highest BCUT2D eigenvalue weighted by molar-refractivity contribution is 6.31. The third kappa shape index (κ3) is 8.63. The van der Waals surface area contributed by atoms with Gasteiger partial charge in [0.15, 0.2) is 0 Å². The highest BCUT2D eigenvalue weighted by atomic mass is 35.5. The lowest BCUT2D eigenvalue weighted by Crippen LogP contribution is -2.33. The lowest BCUT2D eigenvalue weighted by atomic mass is 10.0. The number of anilines is 1. The van der Waals surface area contributed by atoms with Crippen LogP contribution < -0.4 is 10.2 Å². The molecule has 0 spiro atoms. The van der Waals surface area contributed by atoms with Gasteiger partial charge in [-0.1, -0.05) is 62.9 Å². The zero-order valence-electron chi connectivity index (χ0n) is 22.2. The van der Waals surface area contributed by atoms with Crippen molar-refractivity contribution in [2.24, 2.45) is 5.92 Å². The van der Waals surface area contributed by atoms with Crippen LogP contribution in [0.25, 0.3) is 0 Å². The lowest BCUT2D eigenvalue weighted by Gasteiger charge is -2.29. The van der Waals surface area contributed by atoms with Crippen molar-refractivity contribution in [2.75, 3.05) is 31.1 Å². The van der Waals surface area contributed by atoms with Gasteiger partial charge in [-0.15, -0.1) is 0 Å². The number of fused-ring (bicyclic) bond motifs is 1. The van der Waals surface area contributed by atoms with E-state index < -0.39 is 0 Å². The highest BCUT2D eigenvalue weighted by Crippen LogP contribution is 2.26.